The van der Waals surface area contributed by atoms with Gasteiger partial charge in [0.15, 0.2) is 0 Å². The van der Waals surface area contributed by atoms with Crippen molar-refractivity contribution in [1.29, 1.82) is 5.26 Å². The van der Waals surface area contributed by atoms with E-state index in [1.807, 2.05) is 6.92 Å². The molecule has 1 aliphatic carbocycles. The highest BCUT2D eigenvalue weighted by Gasteiger charge is 2.48. The summed E-state index contributed by atoms with van der Waals surface area (Å²) < 4.78 is 33.2. The van der Waals surface area contributed by atoms with E-state index in [0.29, 0.717) is 22.9 Å². The summed E-state index contributed by atoms with van der Waals surface area (Å²) in [7, 11) is -2.40. The van der Waals surface area contributed by atoms with Crippen molar-refractivity contribution in [2.45, 2.75) is 30.3 Å². The first-order valence-electron chi connectivity index (χ1n) is 9.47. The molecule has 2 N–H and O–H groups in total. The molecular weight excluding hydrogens is 402 g/mol. The minimum atomic E-state index is -3.84. The molecule has 3 aromatic rings. The second kappa shape index (κ2) is 7.27. The molecular formula is C22H21N3O4S. The fourth-order valence-corrected chi connectivity index (χ4v) is 5.40. The molecule has 3 atom stereocenters. The number of nitriles is 1. The third-order valence-corrected chi connectivity index (χ3v) is 7.36. The quantitative estimate of drug-likeness (QED) is 0.654. The van der Waals surface area contributed by atoms with Crippen molar-refractivity contribution in [3.63, 3.8) is 0 Å². The van der Waals surface area contributed by atoms with E-state index in [9.17, 15) is 18.5 Å². The summed E-state index contributed by atoms with van der Waals surface area (Å²) >= 11 is 0. The average Bonchev–Trinajstić information content (AvgIpc) is 3.39. The summed E-state index contributed by atoms with van der Waals surface area (Å²) in [6.45, 7) is 1.89. The van der Waals surface area contributed by atoms with Crippen LogP contribution in [-0.4, -0.2) is 31.5 Å². The summed E-state index contributed by atoms with van der Waals surface area (Å²) in [5.74, 6) is -0.744. The number of hydrogen-bond donors (Lipinski definition) is 1. The molecule has 1 aliphatic rings. The minimum absolute atomic E-state index is 0.0756. The Hall–Kier alpha value is -3.15. The van der Waals surface area contributed by atoms with Crippen molar-refractivity contribution >= 4 is 26.8 Å². The predicted molar refractivity (Wildman–Crippen MR) is 111 cm³/mol. The lowest BCUT2D eigenvalue weighted by molar-refractivity contribution is -0.128. The number of aromatic nitrogens is 1. The summed E-state index contributed by atoms with van der Waals surface area (Å²) in [5, 5.41) is 9.99. The van der Waals surface area contributed by atoms with Gasteiger partial charge in [0, 0.05) is 24.6 Å². The van der Waals surface area contributed by atoms with Gasteiger partial charge >= 0.3 is 0 Å². The molecule has 0 saturated heterocycles. The molecule has 0 radical (unpaired) electrons. The highest BCUT2D eigenvalue weighted by atomic mass is 32.2. The van der Waals surface area contributed by atoms with E-state index in [-0.39, 0.29) is 16.7 Å². The lowest BCUT2D eigenvalue weighted by Crippen LogP contribution is -2.32. The Kier molecular flexibility index (Phi) is 4.88. The first-order valence-corrected chi connectivity index (χ1v) is 10.9. The van der Waals surface area contributed by atoms with Gasteiger partial charge in [-0.25, -0.2) is 12.4 Å². The van der Waals surface area contributed by atoms with E-state index in [1.54, 1.807) is 48.7 Å². The zero-order valence-electron chi connectivity index (χ0n) is 16.6. The number of carbonyl (C=O) groups is 1. The molecule has 0 aliphatic heterocycles. The molecule has 1 saturated carbocycles. The predicted octanol–water partition coefficient (Wildman–Crippen LogP) is 2.66. The van der Waals surface area contributed by atoms with Crippen LogP contribution in [0.4, 0.5) is 0 Å². The number of methoxy groups -OCH3 is 1. The number of primary amides is 1. The van der Waals surface area contributed by atoms with Gasteiger partial charge in [0.25, 0.3) is 10.0 Å². The molecule has 1 heterocycles. The Labute approximate surface area is 174 Å². The topological polar surface area (TPSA) is 115 Å². The second-order valence-electron chi connectivity index (χ2n) is 7.61. The van der Waals surface area contributed by atoms with Crippen molar-refractivity contribution in [2.75, 3.05) is 7.11 Å². The van der Waals surface area contributed by atoms with Crippen molar-refractivity contribution < 1.29 is 17.9 Å². The smallest absolute Gasteiger partial charge is 0.268 e. The molecule has 2 aromatic carbocycles. The number of carbonyl (C=O) groups excluding carboxylic acids is 1. The number of rotatable bonds is 6. The van der Waals surface area contributed by atoms with E-state index >= 15 is 0 Å². The van der Waals surface area contributed by atoms with E-state index in [4.69, 9.17) is 10.5 Å². The van der Waals surface area contributed by atoms with E-state index in [2.05, 4.69) is 6.07 Å². The zero-order chi connectivity index (χ0) is 21.6. The van der Waals surface area contributed by atoms with Crippen molar-refractivity contribution in [1.82, 2.24) is 3.97 Å². The van der Waals surface area contributed by atoms with Gasteiger partial charge in [-0.05, 0) is 55.2 Å². The van der Waals surface area contributed by atoms with Gasteiger partial charge in [0.2, 0.25) is 5.91 Å². The zero-order valence-corrected chi connectivity index (χ0v) is 17.4. The Morgan fingerprint density at radius 3 is 2.57 bits per heavy atom. The number of amides is 1. The van der Waals surface area contributed by atoms with Crippen molar-refractivity contribution in [3.8, 4) is 6.07 Å². The van der Waals surface area contributed by atoms with Crippen LogP contribution in [0.3, 0.4) is 0 Å². The van der Waals surface area contributed by atoms with Crippen LogP contribution in [0.25, 0.3) is 10.9 Å². The van der Waals surface area contributed by atoms with Crippen LogP contribution in [0.5, 0.6) is 0 Å². The number of nitrogens with two attached hydrogens (primary N) is 1. The molecule has 154 valence electrons. The van der Waals surface area contributed by atoms with Gasteiger partial charge in [-0.1, -0.05) is 17.7 Å². The van der Waals surface area contributed by atoms with Crippen LogP contribution < -0.4 is 5.73 Å². The van der Waals surface area contributed by atoms with Gasteiger partial charge < -0.3 is 10.5 Å². The number of aryl methyl sites for hydroxylation is 1. The molecule has 4 rings (SSSR count). The summed E-state index contributed by atoms with van der Waals surface area (Å²) in [6, 6.07) is 13.7. The fourth-order valence-electron chi connectivity index (χ4n) is 4.02. The maximum absolute atomic E-state index is 13.3. The fraction of sp³-hybridized carbons (Fsp3) is 0.273. The van der Waals surface area contributed by atoms with Crippen LogP contribution in [0.15, 0.2) is 53.6 Å². The maximum Gasteiger partial charge on any atom is 0.268 e. The standard InChI is InChI=1S/C22H21N3O4S/c1-13-3-6-15(7-4-13)30(27,28)25-12-19(16-10-18(16)21(29-2)22(24)26)17-9-14(11-23)5-8-20(17)25/h3-9,12,16,18,21H,10H2,1-2H3,(H2,24,26). The minimum Gasteiger partial charge on any atom is -0.371 e. The van der Waals surface area contributed by atoms with E-state index < -0.39 is 22.0 Å². The normalized spacial score (nSPS) is 19.4. The molecule has 1 fully saturated rings. The number of benzene rings is 2. The lowest BCUT2D eigenvalue weighted by atomic mass is 10.0. The van der Waals surface area contributed by atoms with Crippen molar-refractivity contribution in [2.24, 2.45) is 11.7 Å². The van der Waals surface area contributed by atoms with Gasteiger partial charge in [-0.2, -0.15) is 5.26 Å². The Morgan fingerprint density at radius 1 is 1.27 bits per heavy atom. The molecule has 30 heavy (non-hydrogen) atoms. The molecule has 3 unspecified atom stereocenters. The van der Waals surface area contributed by atoms with Gasteiger partial charge in [-0.15, -0.1) is 0 Å². The number of hydrogen-bond acceptors (Lipinski definition) is 5. The highest BCUT2D eigenvalue weighted by molar-refractivity contribution is 7.90. The third kappa shape index (κ3) is 3.26. The molecule has 1 aromatic heterocycles. The van der Waals surface area contributed by atoms with Gasteiger partial charge in [-0.3, -0.25) is 4.79 Å². The lowest BCUT2D eigenvalue weighted by Gasteiger charge is -2.10. The molecule has 7 nitrogen and oxygen atoms in total. The van der Waals surface area contributed by atoms with E-state index in [1.165, 1.54) is 11.1 Å². The van der Waals surface area contributed by atoms with Gasteiger partial charge in [0.05, 0.1) is 22.0 Å². The maximum atomic E-state index is 13.3. The van der Waals surface area contributed by atoms with Gasteiger partial charge in [0.1, 0.15) is 6.10 Å². The first-order chi connectivity index (χ1) is 14.3. The summed E-state index contributed by atoms with van der Waals surface area (Å²) in [4.78, 5) is 11.9. The van der Waals surface area contributed by atoms with Crippen LogP contribution in [0.2, 0.25) is 0 Å². The monoisotopic (exact) mass is 423 g/mol. The van der Waals surface area contributed by atoms with Crippen LogP contribution in [0, 0.1) is 24.2 Å². The van der Waals surface area contributed by atoms with Crippen LogP contribution >= 0.6 is 0 Å². The Balaban J connectivity index is 1.86. The number of fused-ring (bicyclic) bond motifs is 1. The first kappa shape index (κ1) is 20.1. The molecule has 0 bridgehead atoms. The number of nitrogens with zero attached hydrogens (tertiary/aromatic N) is 2. The average molecular weight is 423 g/mol. The van der Waals surface area contributed by atoms with Crippen LogP contribution in [-0.2, 0) is 19.6 Å². The highest BCUT2D eigenvalue weighted by Crippen LogP contribution is 2.52. The number of ether oxygens (including phenoxy) is 1. The SMILES string of the molecule is COC(C(N)=O)C1CC1c1cn(S(=O)(=O)c2ccc(C)cc2)c2ccc(C#N)cc12. The largest absolute Gasteiger partial charge is 0.371 e. The summed E-state index contributed by atoms with van der Waals surface area (Å²) in [5.41, 5.74) is 8.10. The molecule has 8 heteroatoms. The Morgan fingerprint density at radius 2 is 1.97 bits per heavy atom. The summed E-state index contributed by atoms with van der Waals surface area (Å²) in [6.07, 6.45) is 1.52. The molecule has 1 amide bonds. The molecule has 0 spiro atoms. The van der Waals surface area contributed by atoms with Crippen LogP contribution in [0.1, 0.15) is 29.0 Å². The Bertz CT molecular complexity index is 1290. The van der Waals surface area contributed by atoms with E-state index in [0.717, 1.165) is 11.1 Å². The van der Waals surface area contributed by atoms with Crippen molar-refractivity contribution in [3.05, 3.63) is 65.4 Å². The second-order valence-corrected chi connectivity index (χ2v) is 9.42. The third-order valence-electron chi connectivity index (χ3n) is 5.67.